The first-order chi connectivity index (χ1) is 9.13. The summed E-state index contributed by atoms with van der Waals surface area (Å²) in [5, 5.41) is 14.4. The Hall–Kier alpha value is -2.18. The van der Waals surface area contributed by atoms with Crippen LogP contribution in [0.3, 0.4) is 0 Å². The fraction of sp³-hybridized carbons (Fsp3) is 0.417. The Kier molecular flexibility index (Phi) is 3.94. The molecule has 7 heteroatoms. The molecule has 1 heterocycles. The van der Waals surface area contributed by atoms with E-state index in [0.29, 0.717) is 0 Å². The normalized spacial score (nSPS) is 23.3. The van der Waals surface area contributed by atoms with Gasteiger partial charge in [-0.15, -0.1) is 0 Å². The van der Waals surface area contributed by atoms with Crippen molar-refractivity contribution >= 4 is 11.7 Å². The van der Waals surface area contributed by atoms with Crippen LogP contribution in [0.5, 0.6) is 0 Å². The summed E-state index contributed by atoms with van der Waals surface area (Å²) in [7, 11) is 0. The Morgan fingerprint density at radius 3 is 3.05 bits per heavy atom. The van der Waals surface area contributed by atoms with Crippen LogP contribution in [0.25, 0.3) is 0 Å². The number of nitrogens with one attached hydrogen (secondary N) is 1. The van der Waals surface area contributed by atoms with Crippen molar-refractivity contribution in [2.24, 2.45) is 16.8 Å². The minimum Gasteiger partial charge on any atom is -0.409 e. The number of aromatic nitrogens is 1. The smallest absolute Gasteiger partial charge is 0.254 e. The fourth-order valence-electron chi connectivity index (χ4n) is 2.37. The molecule has 0 aromatic carbocycles. The van der Waals surface area contributed by atoms with Gasteiger partial charge in [0, 0.05) is 18.2 Å². The van der Waals surface area contributed by atoms with E-state index in [9.17, 15) is 9.18 Å². The van der Waals surface area contributed by atoms with Crippen molar-refractivity contribution in [1.29, 1.82) is 0 Å². The van der Waals surface area contributed by atoms with Gasteiger partial charge in [-0.1, -0.05) is 11.6 Å². The molecular formula is C12H15FN4O2. The van der Waals surface area contributed by atoms with Gasteiger partial charge in [0.15, 0.2) is 5.82 Å². The van der Waals surface area contributed by atoms with Crippen LogP contribution < -0.4 is 11.1 Å². The highest BCUT2D eigenvalue weighted by Crippen LogP contribution is 2.26. The Labute approximate surface area is 109 Å². The minimum absolute atomic E-state index is 0.0554. The lowest BCUT2D eigenvalue weighted by atomic mass is 10.0. The Bertz CT molecular complexity index is 506. The zero-order valence-corrected chi connectivity index (χ0v) is 10.2. The Morgan fingerprint density at radius 2 is 2.37 bits per heavy atom. The third kappa shape index (κ3) is 2.81. The second kappa shape index (κ2) is 5.64. The van der Waals surface area contributed by atoms with E-state index in [4.69, 9.17) is 10.9 Å². The maximum absolute atomic E-state index is 13.4. The molecular weight excluding hydrogens is 251 g/mol. The zero-order chi connectivity index (χ0) is 13.8. The van der Waals surface area contributed by atoms with E-state index in [0.717, 1.165) is 25.5 Å². The van der Waals surface area contributed by atoms with Gasteiger partial charge < -0.3 is 16.3 Å². The van der Waals surface area contributed by atoms with Crippen molar-refractivity contribution in [3.05, 3.63) is 29.8 Å². The number of hydrogen-bond donors (Lipinski definition) is 3. The third-order valence-corrected chi connectivity index (χ3v) is 3.34. The monoisotopic (exact) mass is 266 g/mol. The summed E-state index contributed by atoms with van der Waals surface area (Å²) < 4.78 is 13.4. The van der Waals surface area contributed by atoms with Gasteiger partial charge in [0.05, 0.1) is 11.8 Å². The summed E-state index contributed by atoms with van der Waals surface area (Å²) in [6.45, 7) is 0. The second-order valence-corrected chi connectivity index (χ2v) is 4.50. The van der Waals surface area contributed by atoms with Crippen molar-refractivity contribution in [2.75, 3.05) is 0 Å². The number of nitrogens with zero attached hydrogens (tertiary/aromatic N) is 2. The molecule has 0 aliphatic heterocycles. The predicted octanol–water partition coefficient (Wildman–Crippen LogP) is 0.866. The first-order valence-corrected chi connectivity index (χ1v) is 6.01. The summed E-state index contributed by atoms with van der Waals surface area (Å²) in [5.41, 5.74) is 5.52. The van der Waals surface area contributed by atoms with E-state index in [-0.39, 0.29) is 23.4 Å². The van der Waals surface area contributed by atoms with Crippen molar-refractivity contribution < 1.29 is 14.4 Å². The highest BCUT2D eigenvalue weighted by atomic mass is 19.1. The molecule has 2 unspecified atom stereocenters. The van der Waals surface area contributed by atoms with Gasteiger partial charge in [0.2, 0.25) is 0 Å². The lowest BCUT2D eigenvalue weighted by Crippen LogP contribution is -2.42. The van der Waals surface area contributed by atoms with E-state index in [1.165, 1.54) is 12.3 Å². The molecule has 1 fully saturated rings. The molecule has 1 aliphatic carbocycles. The van der Waals surface area contributed by atoms with E-state index >= 15 is 0 Å². The van der Waals surface area contributed by atoms with Crippen LogP contribution >= 0.6 is 0 Å². The van der Waals surface area contributed by atoms with Gasteiger partial charge in [0.1, 0.15) is 5.84 Å². The summed E-state index contributed by atoms with van der Waals surface area (Å²) in [5.74, 6) is -1.29. The lowest BCUT2D eigenvalue weighted by Gasteiger charge is -2.19. The van der Waals surface area contributed by atoms with E-state index in [1.807, 2.05) is 0 Å². The number of carbonyl (C=O) groups is 1. The average molecular weight is 266 g/mol. The molecule has 1 aliphatic rings. The quantitative estimate of drug-likeness (QED) is 0.327. The molecule has 6 nitrogen and oxygen atoms in total. The Balaban J connectivity index is 2.09. The van der Waals surface area contributed by atoms with Gasteiger partial charge in [-0.25, -0.2) is 4.39 Å². The van der Waals surface area contributed by atoms with Crippen LogP contribution in [0.2, 0.25) is 0 Å². The third-order valence-electron chi connectivity index (χ3n) is 3.34. The molecule has 0 saturated heterocycles. The number of amidine groups is 1. The predicted molar refractivity (Wildman–Crippen MR) is 66.2 cm³/mol. The van der Waals surface area contributed by atoms with Crippen LogP contribution in [0.15, 0.2) is 23.6 Å². The number of rotatable bonds is 3. The van der Waals surface area contributed by atoms with Crippen LogP contribution in [0.1, 0.15) is 29.6 Å². The van der Waals surface area contributed by atoms with Crippen molar-refractivity contribution in [2.45, 2.75) is 25.3 Å². The van der Waals surface area contributed by atoms with Gasteiger partial charge in [-0.2, -0.15) is 0 Å². The minimum atomic E-state index is -0.668. The molecule has 0 radical (unpaired) electrons. The molecule has 19 heavy (non-hydrogen) atoms. The van der Waals surface area contributed by atoms with Gasteiger partial charge in [-0.3, -0.25) is 9.78 Å². The summed E-state index contributed by atoms with van der Waals surface area (Å²) >= 11 is 0. The maximum atomic E-state index is 13.4. The second-order valence-electron chi connectivity index (χ2n) is 4.50. The van der Waals surface area contributed by atoms with E-state index in [2.05, 4.69) is 15.5 Å². The van der Waals surface area contributed by atoms with E-state index in [1.54, 1.807) is 0 Å². The SMILES string of the molecule is NC(=NO)C1CCCC1NC(=O)c1ccncc1F. The summed E-state index contributed by atoms with van der Waals surface area (Å²) in [4.78, 5) is 15.5. The Morgan fingerprint density at radius 1 is 1.58 bits per heavy atom. The highest BCUT2D eigenvalue weighted by Gasteiger charge is 2.32. The summed E-state index contributed by atoms with van der Waals surface area (Å²) in [6.07, 6.45) is 4.67. The first-order valence-electron chi connectivity index (χ1n) is 6.01. The summed E-state index contributed by atoms with van der Waals surface area (Å²) in [6, 6.07) is 1.08. The molecule has 2 rings (SSSR count). The fourth-order valence-corrected chi connectivity index (χ4v) is 2.37. The first kappa shape index (κ1) is 13.3. The van der Waals surface area contributed by atoms with Crippen molar-refractivity contribution in [3.8, 4) is 0 Å². The van der Waals surface area contributed by atoms with Gasteiger partial charge in [-0.05, 0) is 18.9 Å². The molecule has 2 atom stereocenters. The number of halogens is 1. The number of nitrogens with two attached hydrogens (primary N) is 1. The number of amides is 1. The molecule has 1 aromatic heterocycles. The molecule has 0 bridgehead atoms. The molecule has 102 valence electrons. The molecule has 1 saturated carbocycles. The molecule has 0 spiro atoms. The largest absolute Gasteiger partial charge is 0.409 e. The van der Waals surface area contributed by atoms with Crippen LogP contribution in [-0.4, -0.2) is 28.0 Å². The number of carbonyl (C=O) groups excluding carboxylic acids is 1. The molecule has 4 N–H and O–H groups in total. The van der Waals surface area contributed by atoms with E-state index < -0.39 is 11.7 Å². The van der Waals surface area contributed by atoms with Crippen molar-refractivity contribution in [3.63, 3.8) is 0 Å². The standard InChI is InChI=1S/C12H15FN4O2/c13-9-6-15-5-4-7(9)12(18)16-10-3-1-2-8(10)11(14)17-19/h4-6,8,10,19H,1-3H2,(H2,14,17)(H,16,18). The van der Waals surface area contributed by atoms with Crippen LogP contribution in [0.4, 0.5) is 4.39 Å². The van der Waals surface area contributed by atoms with Gasteiger partial charge in [0.25, 0.3) is 5.91 Å². The van der Waals surface area contributed by atoms with Crippen LogP contribution in [0, 0.1) is 11.7 Å². The number of pyridine rings is 1. The number of hydrogen-bond acceptors (Lipinski definition) is 4. The average Bonchev–Trinajstić information content (AvgIpc) is 2.86. The highest BCUT2D eigenvalue weighted by molar-refractivity contribution is 5.95. The molecule has 1 amide bonds. The van der Waals surface area contributed by atoms with Gasteiger partial charge >= 0.3 is 0 Å². The lowest BCUT2D eigenvalue weighted by molar-refractivity contribution is 0.0929. The topological polar surface area (TPSA) is 101 Å². The van der Waals surface area contributed by atoms with Crippen molar-refractivity contribution in [1.82, 2.24) is 10.3 Å². The van der Waals surface area contributed by atoms with Crippen LogP contribution in [-0.2, 0) is 0 Å². The molecule has 1 aromatic rings. The maximum Gasteiger partial charge on any atom is 0.254 e. The zero-order valence-electron chi connectivity index (χ0n) is 10.2. The number of oxime groups is 1.